The van der Waals surface area contributed by atoms with E-state index in [1.165, 1.54) is 0 Å². The van der Waals surface area contributed by atoms with Gasteiger partial charge in [-0.1, -0.05) is 0 Å². The van der Waals surface area contributed by atoms with Crippen molar-refractivity contribution in [1.29, 1.82) is 0 Å². The summed E-state index contributed by atoms with van der Waals surface area (Å²) in [7, 11) is 0. The fraction of sp³-hybridized carbons (Fsp3) is 1.00. The second kappa shape index (κ2) is 3.65. The molecule has 0 aromatic carbocycles. The van der Waals surface area contributed by atoms with E-state index in [1.807, 2.05) is 20.8 Å². The highest BCUT2D eigenvalue weighted by Crippen LogP contribution is 2.44. The Bertz CT molecular complexity index is 318. The molecule has 1 spiro atoms. The van der Waals surface area contributed by atoms with Gasteiger partial charge in [-0.25, -0.2) is 0 Å². The first-order chi connectivity index (χ1) is 7.92. The van der Waals surface area contributed by atoms with Crippen LogP contribution in [0.2, 0.25) is 0 Å². The van der Waals surface area contributed by atoms with Gasteiger partial charge in [0.25, 0.3) is 0 Å². The number of fused-ring (bicyclic) bond motifs is 1. The first kappa shape index (κ1) is 11.9. The van der Waals surface area contributed by atoms with Gasteiger partial charge >= 0.3 is 0 Å². The summed E-state index contributed by atoms with van der Waals surface area (Å²) in [5.41, 5.74) is 0. The Hall–Kier alpha value is -0.200. The zero-order valence-corrected chi connectivity index (χ0v) is 10.5. The minimum absolute atomic E-state index is 0.122. The molecule has 0 saturated carbocycles. The summed E-state index contributed by atoms with van der Waals surface area (Å²) in [6, 6.07) is 0. The zero-order valence-electron chi connectivity index (χ0n) is 10.5. The van der Waals surface area contributed by atoms with E-state index in [1.54, 1.807) is 0 Å². The van der Waals surface area contributed by atoms with Crippen LogP contribution in [0.3, 0.4) is 0 Å². The van der Waals surface area contributed by atoms with Crippen molar-refractivity contribution in [2.45, 2.75) is 69.6 Å². The summed E-state index contributed by atoms with van der Waals surface area (Å²) in [6.07, 6.45) is 0.389. The number of ether oxygens (including phenoxy) is 4. The van der Waals surface area contributed by atoms with E-state index in [4.69, 9.17) is 18.9 Å². The highest BCUT2D eigenvalue weighted by atomic mass is 16.8. The van der Waals surface area contributed by atoms with Gasteiger partial charge in [-0.2, -0.15) is 0 Å². The van der Waals surface area contributed by atoms with Crippen LogP contribution in [0.25, 0.3) is 0 Å². The van der Waals surface area contributed by atoms with Crippen LogP contribution in [0.1, 0.15) is 33.6 Å². The molecule has 0 aliphatic carbocycles. The normalized spacial score (nSPS) is 52.9. The third kappa shape index (κ3) is 1.81. The lowest BCUT2D eigenvalue weighted by Gasteiger charge is -2.42. The van der Waals surface area contributed by atoms with Crippen molar-refractivity contribution in [2.24, 2.45) is 0 Å². The van der Waals surface area contributed by atoms with Gasteiger partial charge in [0, 0.05) is 6.42 Å². The van der Waals surface area contributed by atoms with E-state index in [-0.39, 0.29) is 18.3 Å². The highest BCUT2D eigenvalue weighted by molar-refractivity contribution is 5.00. The minimum Gasteiger partial charge on any atom is -0.385 e. The van der Waals surface area contributed by atoms with E-state index >= 15 is 0 Å². The fourth-order valence-corrected chi connectivity index (χ4v) is 3.01. The van der Waals surface area contributed by atoms with Crippen LogP contribution in [0.15, 0.2) is 0 Å². The Morgan fingerprint density at radius 2 is 1.94 bits per heavy atom. The summed E-state index contributed by atoms with van der Waals surface area (Å²) in [5, 5.41) is 10.4. The molecule has 0 bridgehead atoms. The molecule has 3 fully saturated rings. The predicted molar refractivity (Wildman–Crippen MR) is 58.3 cm³/mol. The van der Waals surface area contributed by atoms with Crippen molar-refractivity contribution in [2.75, 3.05) is 6.61 Å². The number of hydrogen-bond donors (Lipinski definition) is 1. The highest BCUT2D eigenvalue weighted by Gasteiger charge is 2.59. The van der Waals surface area contributed by atoms with Crippen molar-refractivity contribution in [3.8, 4) is 0 Å². The average molecular weight is 244 g/mol. The molecule has 0 amide bonds. The first-order valence-electron chi connectivity index (χ1n) is 6.27. The van der Waals surface area contributed by atoms with Crippen LogP contribution in [0.5, 0.6) is 0 Å². The second-order valence-corrected chi connectivity index (χ2v) is 5.67. The van der Waals surface area contributed by atoms with Crippen molar-refractivity contribution in [1.82, 2.24) is 0 Å². The van der Waals surface area contributed by atoms with Gasteiger partial charge < -0.3 is 24.1 Å². The second-order valence-electron chi connectivity index (χ2n) is 5.67. The molecule has 98 valence electrons. The number of hydrogen-bond acceptors (Lipinski definition) is 5. The van der Waals surface area contributed by atoms with Gasteiger partial charge in [-0.3, -0.25) is 0 Å². The molecule has 5 nitrogen and oxygen atoms in total. The molecule has 0 aromatic heterocycles. The van der Waals surface area contributed by atoms with Gasteiger partial charge in [0.1, 0.15) is 18.3 Å². The largest absolute Gasteiger partial charge is 0.385 e. The Morgan fingerprint density at radius 3 is 2.59 bits per heavy atom. The summed E-state index contributed by atoms with van der Waals surface area (Å²) in [4.78, 5) is 0. The molecule has 0 radical (unpaired) electrons. The van der Waals surface area contributed by atoms with Crippen molar-refractivity contribution in [3.05, 3.63) is 0 Å². The molecule has 3 rings (SSSR count). The number of aliphatic hydroxyl groups is 1. The fourth-order valence-electron chi connectivity index (χ4n) is 3.01. The molecular formula is C12H20O5. The SMILES string of the molecule is C[C@H]1CC[C@@]2(OC[C@H]3OC(C)(C)O[C@H]3[C@@H]2O)O1. The molecule has 3 heterocycles. The molecule has 3 aliphatic rings. The number of aliphatic hydroxyl groups excluding tert-OH is 1. The average Bonchev–Trinajstić information content (AvgIpc) is 2.75. The smallest absolute Gasteiger partial charge is 0.197 e. The monoisotopic (exact) mass is 244 g/mol. The van der Waals surface area contributed by atoms with Crippen molar-refractivity contribution >= 4 is 0 Å². The quantitative estimate of drug-likeness (QED) is 0.683. The van der Waals surface area contributed by atoms with Gasteiger partial charge in [0.15, 0.2) is 11.6 Å². The van der Waals surface area contributed by atoms with E-state index in [2.05, 4.69) is 0 Å². The lowest BCUT2D eigenvalue weighted by atomic mass is 9.94. The molecule has 3 saturated heterocycles. The molecule has 1 N–H and O–H groups in total. The van der Waals surface area contributed by atoms with Crippen LogP contribution in [0, 0.1) is 0 Å². The van der Waals surface area contributed by atoms with Crippen molar-refractivity contribution < 1.29 is 24.1 Å². The van der Waals surface area contributed by atoms with E-state index in [9.17, 15) is 5.11 Å². The molecule has 0 aromatic rings. The topological polar surface area (TPSA) is 57.2 Å². The Balaban J connectivity index is 1.81. The first-order valence-corrected chi connectivity index (χ1v) is 6.27. The van der Waals surface area contributed by atoms with Crippen LogP contribution < -0.4 is 0 Å². The van der Waals surface area contributed by atoms with E-state index in [0.717, 1.165) is 6.42 Å². The summed E-state index contributed by atoms with van der Waals surface area (Å²) >= 11 is 0. The molecule has 0 unspecified atom stereocenters. The lowest BCUT2D eigenvalue weighted by molar-refractivity contribution is -0.316. The predicted octanol–water partition coefficient (Wildman–Crippen LogP) is 0.793. The molecule has 17 heavy (non-hydrogen) atoms. The van der Waals surface area contributed by atoms with Crippen LogP contribution >= 0.6 is 0 Å². The third-order valence-corrected chi connectivity index (χ3v) is 3.78. The zero-order chi connectivity index (χ0) is 12.3. The van der Waals surface area contributed by atoms with Crippen LogP contribution in [-0.2, 0) is 18.9 Å². The molecule has 5 atom stereocenters. The Kier molecular flexibility index (Phi) is 2.55. The van der Waals surface area contributed by atoms with E-state index in [0.29, 0.717) is 13.0 Å². The maximum atomic E-state index is 10.4. The summed E-state index contributed by atoms with van der Waals surface area (Å²) in [6.45, 7) is 6.11. The van der Waals surface area contributed by atoms with Gasteiger partial charge in [0.05, 0.1) is 12.7 Å². The van der Waals surface area contributed by atoms with Gasteiger partial charge in [0.2, 0.25) is 0 Å². The standard InChI is InChI=1S/C12H20O5/c1-7-4-5-12(15-7)10(13)9-8(6-14-12)16-11(2,3)17-9/h7-10,13H,4-6H2,1-3H3/t7-,8+,9+,10-,12+/m0/s1. The van der Waals surface area contributed by atoms with Gasteiger partial charge in [-0.05, 0) is 27.2 Å². The van der Waals surface area contributed by atoms with Crippen LogP contribution in [-0.4, -0.2) is 47.7 Å². The molecule has 5 heteroatoms. The van der Waals surface area contributed by atoms with Gasteiger partial charge in [-0.15, -0.1) is 0 Å². The Labute approximate surface area is 101 Å². The van der Waals surface area contributed by atoms with Crippen molar-refractivity contribution in [3.63, 3.8) is 0 Å². The minimum atomic E-state index is -0.885. The summed E-state index contributed by atoms with van der Waals surface area (Å²) < 4.78 is 23.0. The van der Waals surface area contributed by atoms with Crippen LogP contribution in [0.4, 0.5) is 0 Å². The van der Waals surface area contributed by atoms with E-state index < -0.39 is 17.7 Å². The third-order valence-electron chi connectivity index (χ3n) is 3.78. The maximum Gasteiger partial charge on any atom is 0.197 e. The molecule has 3 aliphatic heterocycles. The Morgan fingerprint density at radius 1 is 1.18 bits per heavy atom. The number of rotatable bonds is 0. The maximum absolute atomic E-state index is 10.4. The summed E-state index contributed by atoms with van der Waals surface area (Å²) in [5.74, 6) is -1.54. The lowest BCUT2D eigenvalue weighted by Crippen LogP contribution is -2.59. The molecular weight excluding hydrogens is 224 g/mol.